The van der Waals surface area contributed by atoms with Crippen LogP contribution < -0.4 is 5.32 Å². The molecule has 6 atom stereocenters. The van der Waals surface area contributed by atoms with Gasteiger partial charge in [-0.25, -0.2) is 9.78 Å². The third-order valence-corrected chi connectivity index (χ3v) is 6.61. The summed E-state index contributed by atoms with van der Waals surface area (Å²) in [6, 6.07) is 3.69. The molecule has 1 saturated heterocycles. The Kier molecular flexibility index (Phi) is 11.9. The number of aromatic nitrogens is 1. The average Bonchev–Trinajstić information content (AvgIpc) is 2.85. The number of ether oxygens (including phenoxy) is 6. The second-order valence-corrected chi connectivity index (χ2v) is 9.98. The summed E-state index contributed by atoms with van der Waals surface area (Å²) >= 11 is 0.835. The van der Waals surface area contributed by atoms with E-state index in [9.17, 15) is 28.8 Å². The zero-order chi connectivity index (χ0) is 30.0. The molecule has 0 radical (unpaired) electrons. The third kappa shape index (κ3) is 9.19. The second-order valence-electron chi connectivity index (χ2n) is 8.70. The number of carbonyl (C=O) groups excluding carboxylic acids is 6. The fraction of sp³-hybridized carbons (Fsp3) is 0.560. The quantitative estimate of drug-likeness (QED) is 0.283. The Labute approximate surface area is 234 Å². The van der Waals surface area contributed by atoms with Crippen molar-refractivity contribution in [3.63, 3.8) is 0 Å². The number of nitrogens with one attached hydrogen (secondary N) is 1. The predicted octanol–water partition coefficient (Wildman–Crippen LogP) is 0.695. The molecule has 1 N–H and O–H groups in total. The van der Waals surface area contributed by atoms with Gasteiger partial charge in [0.2, 0.25) is 10.8 Å². The lowest BCUT2D eigenvalue weighted by atomic mass is 9.89. The number of thioether (sulfide) groups is 1. The lowest BCUT2D eigenvalue weighted by Gasteiger charge is -2.48. The van der Waals surface area contributed by atoms with E-state index in [1.807, 2.05) is 0 Å². The molecule has 0 spiro atoms. The van der Waals surface area contributed by atoms with Crippen LogP contribution in [0.4, 0.5) is 0 Å². The van der Waals surface area contributed by atoms with Gasteiger partial charge < -0.3 is 33.7 Å². The Morgan fingerprint density at radius 3 is 2.20 bits per heavy atom. The average molecular weight is 585 g/mol. The monoisotopic (exact) mass is 584 g/mol. The van der Waals surface area contributed by atoms with Gasteiger partial charge in [-0.1, -0.05) is 17.8 Å². The first-order chi connectivity index (χ1) is 18.8. The van der Waals surface area contributed by atoms with Gasteiger partial charge in [0.15, 0.2) is 12.2 Å². The lowest BCUT2D eigenvalue weighted by Crippen LogP contribution is -2.68. The van der Waals surface area contributed by atoms with Crippen LogP contribution in [-0.4, -0.2) is 89.8 Å². The van der Waals surface area contributed by atoms with E-state index in [4.69, 9.17) is 28.4 Å². The Morgan fingerprint density at radius 1 is 1.02 bits per heavy atom. The number of rotatable bonds is 11. The molecule has 0 aromatic carbocycles. The molecule has 1 aliphatic heterocycles. The van der Waals surface area contributed by atoms with Gasteiger partial charge >= 0.3 is 29.8 Å². The fourth-order valence-corrected chi connectivity index (χ4v) is 5.25. The first kappa shape index (κ1) is 32.5. The van der Waals surface area contributed by atoms with Crippen molar-refractivity contribution in [1.82, 2.24) is 10.3 Å². The number of nitrogens with zero attached hydrogens (tertiary/aromatic N) is 1. The second kappa shape index (κ2) is 14.6. The molecule has 1 amide bonds. The maximum Gasteiger partial charge on any atom is 0.349 e. The molecule has 0 unspecified atom stereocenters. The molecule has 15 heteroatoms. The van der Waals surface area contributed by atoms with Crippen LogP contribution >= 0.6 is 11.8 Å². The summed E-state index contributed by atoms with van der Waals surface area (Å²) < 4.78 is 32.8. The molecule has 1 aliphatic rings. The number of pyridine rings is 1. The molecule has 0 bridgehead atoms. The Balaban J connectivity index is 2.76. The van der Waals surface area contributed by atoms with Crippen molar-refractivity contribution in [2.45, 2.75) is 81.5 Å². The Hall–Kier alpha value is -3.72. The number of hydrogen-bond donors (Lipinski definition) is 1. The number of esters is 5. The maximum atomic E-state index is 13.3. The van der Waals surface area contributed by atoms with E-state index in [0.717, 1.165) is 46.6 Å². The SMILES string of the molecule is COC(=O)[C@]1(Sc2ccccn2)C[C@H](OC(C)=O)[C@@H](NC(C)=O)[C@H]([C@H](OC(C)=O)[C@@H](COC(C)=O)OC(C)=O)O1. The molecule has 40 heavy (non-hydrogen) atoms. The summed E-state index contributed by atoms with van der Waals surface area (Å²) in [6.45, 7) is 5.01. The van der Waals surface area contributed by atoms with Crippen LogP contribution in [0.1, 0.15) is 41.0 Å². The van der Waals surface area contributed by atoms with Crippen molar-refractivity contribution in [2.24, 2.45) is 0 Å². The van der Waals surface area contributed by atoms with E-state index >= 15 is 0 Å². The van der Waals surface area contributed by atoms with Gasteiger partial charge in [0.1, 0.15) is 18.8 Å². The number of methoxy groups -OCH3 is 1. The van der Waals surface area contributed by atoms with Crippen LogP contribution in [0.15, 0.2) is 29.4 Å². The Bertz CT molecular complexity index is 1100. The molecule has 220 valence electrons. The summed E-state index contributed by atoms with van der Waals surface area (Å²) in [5.74, 6) is -4.63. The highest BCUT2D eigenvalue weighted by molar-refractivity contribution is 8.01. The molecular formula is C25H32N2O12S. The first-order valence-corrected chi connectivity index (χ1v) is 12.9. The van der Waals surface area contributed by atoms with E-state index in [-0.39, 0.29) is 6.42 Å². The van der Waals surface area contributed by atoms with Crippen LogP contribution in [0.5, 0.6) is 0 Å². The topological polar surface area (TPSA) is 183 Å². The largest absolute Gasteiger partial charge is 0.466 e. The summed E-state index contributed by atoms with van der Waals surface area (Å²) in [7, 11) is 1.12. The lowest BCUT2D eigenvalue weighted by molar-refractivity contribution is -0.224. The zero-order valence-electron chi connectivity index (χ0n) is 22.9. The maximum absolute atomic E-state index is 13.3. The standard InChI is InChI=1S/C25H32N2O12S/c1-13(28)27-21-18(36-15(3)30)11-25(24(33)34-6,40-20-9-7-8-10-26-20)39-23(21)22(38-17(5)32)19(37-16(4)31)12-35-14(2)29/h7-10,18-19,21-23H,11-12H2,1-6H3,(H,27,28)/t18-,19+,21+,22+,23+,25+/m0/s1. The number of amides is 1. The van der Waals surface area contributed by atoms with Gasteiger partial charge in [-0.15, -0.1) is 0 Å². The van der Waals surface area contributed by atoms with Crippen LogP contribution in [0.3, 0.4) is 0 Å². The van der Waals surface area contributed by atoms with Crippen LogP contribution in [0, 0.1) is 0 Å². The molecule has 14 nitrogen and oxygen atoms in total. The van der Waals surface area contributed by atoms with Gasteiger partial charge in [0.05, 0.1) is 18.2 Å². The molecule has 0 aliphatic carbocycles. The normalized spacial score (nSPS) is 23.5. The van der Waals surface area contributed by atoms with Crippen molar-refractivity contribution < 1.29 is 57.2 Å². The molecule has 2 heterocycles. The molecule has 1 fully saturated rings. The summed E-state index contributed by atoms with van der Waals surface area (Å²) in [4.78, 5) is 75.8. The molecule has 2 rings (SSSR count). The minimum absolute atomic E-state index is 0.323. The smallest absolute Gasteiger partial charge is 0.349 e. The van der Waals surface area contributed by atoms with E-state index in [1.54, 1.807) is 18.2 Å². The van der Waals surface area contributed by atoms with Crippen molar-refractivity contribution >= 4 is 47.5 Å². The molecular weight excluding hydrogens is 552 g/mol. The summed E-state index contributed by atoms with van der Waals surface area (Å²) in [5.41, 5.74) is 0. The van der Waals surface area contributed by atoms with Crippen molar-refractivity contribution in [3.05, 3.63) is 24.4 Å². The summed E-state index contributed by atoms with van der Waals surface area (Å²) in [5, 5.41) is 2.94. The van der Waals surface area contributed by atoms with Crippen LogP contribution in [-0.2, 0) is 57.2 Å². The third-order valence-electron chi connectivity index (χ3n) is 5.40. The van der Waals surface area contributed by atoms with Gasteiger partial charge in [-0.05, 0) is 12.1 Å². The highest BCUT2D eigenvalue weighted by atomic mass is 32.2. The predicted molar refractivity (Wildman–Crippen MR) is 135 cm³/mol. The van der Waals surface area contributed by atoms with Gasteiger partial charge in [-0.3, -0.25) is 24.0 Å². The minimum Gasteiger partial charge on any atom is -0.466 e. The Morgan fingerprint density at radius 2 is 1.70 bits per heavy atom. The van der Waals surface area contributed by atoms with Crippen molar-refractivity contribution in [1.29, 1.82) is 0 Å². The highest BCUT2D eigenvalue weighted by Gasteiger charge is 2.59. The number of carbonyl (C=O) groups is 6. The molecule has 0 saturated carbocycles. The van der Waals surface area contributed by atoms with E-state index < -0.39 is 77.8 Å². The zero-order valence-corrected chi connectivity index (χ0v) is 23.7. The van der Waals surface area contributed by atoms with E-state index in [1.165, 1.54) is 13.1 Å². The first-order valence-electron chi connectivity index (χ1n) is 12.1. The van der Waals surface area contributed by atoms with Gasteiger partial charge in [-0.2, -0.15) is 0 Å². The van der Waals surface area contributed by atoms with Crippen LogP contribution in [0.2, 0.25) is 0 Å². The van der Waals surface area contributed by atoms with Crippen molar-refractivity contribution in [3.8, 4) is 0 Å². The molecule has 1 aromatic heterocycles. The van der Waals surface area contributed by atoms with Gasteiger partial charge in [0.25, 0.3) is 0 Å². The fourth-order valence-electron chi connectivity index (χ4n) is 4.08. The molecule has 1 aromatic rings. The van der Waals surface area contributed by atoms with Gasteiger partial charge in [0, 0.05) is 47.2 Å². The van der Waals surface area contributed by atoms with E-state index in [2.05, 4.69) is 10.3 Å². The van der Waals surface area contributed by atoms with Crippen molar-refractivity contribution in [2.75, 3.05) is 13.7 Å². The highest BCUT2D eigenvalue weighted by Crippen LogP contribution is 2.45. The minimum atomic E-state index is -1.95. The van der Waals surface area contributed by atoms with E-state index in [0.29, 0.717) is 5.03 Å². The van der Waals surface area contributed by atoms with Crippen LogP contribution in [0.25, 0.3) is 0 Å². The summed E-state index contributed by atoms with van der Waals surface area (Å²) in [6.07, 6.45) is -4.63. The number of hydrogen-bond acceptors (Lipinski definition) is 14.